The predicted octanol–water partition coefficient (Wildman–Crippen LogP) is 5.11. The number of rotatable bonds is 8. The number of halogens is 2. The molecule has 2 aromatic carbocycles. The standard InChI is InChI=1S/C24H28Cl2N2O3/c1-31-20-12-7-9-17(14-20)23(24(30)27-19-10-3-2-4-11-19)28(22(29)15-25)16-18-8-5-6-13-21(18)26/h5-9,12-14,19,23H,2-4,10-11,15-16H2,1H3,(H,27,30)/t23-/m1/s1. The zero-order chi connectivity index (χ0) is 22.2. The number of carbonyl (C=O) groups excluding carboxylic acids is 2. The first-order valence-corrected chi connectivity index (χ1v) is 11.5. The van der Waals surface area contributed by atoms with Crippen molar-refractivity contribution >= 4 is 35.0 Å². The smallest absolute Gasteiger partial charge is 0.247 e. The van der Waals surface area contributed by atoms with Gasteiger partial charge in [0, 0.05) is 17.6 Å². The number of methoxy groups -OCH3 is 1. The molecule has 0 bridgehead atoms. The Hall–Kier alpha value is -2.24. The first-order valence-electron chi connectivity index (χ1n) is 10.6. The number of hydrogen-bond donors (Lipinski definition) is 1. The summed E-state index contributed by atoms with van der Waals surface area (Å²) in [7, 11) is 1.57. The average Bonchev–Trinajstić information content (AvgIpc) is 2.80. The van der Waals surface area contributed by atoms with E-state index in [1.54, 1.807) is 25.3 Å². The molecule has 1 saturated carbocycles. The van der Waals surface area contributed by atoms with Gasteiger partial charge in [-0.15, -0.1) is 11.6 Å². The Bertz CT molecular complexity index is 900. The molecule has 1 fully saturated rings. The molecule has 0 spiro atoms. The van der Waals surface area contributed by atoms with Gasteiger partial charge >= 0.3 is 0 Å². The number of ether oxygens (including phenoxy) is 1. The fourth-order valence-electron chi connectivity index (χ4n) is 4.02. The molecule has 0 saturated heterocycles. The van der Waals surface area contributed by atoms with Gasteiger partial charge in [-0.2, -0.15) is 0 Å². The third kappa shape index (κ3) is 6.14. The van der Waals surface area contributed by atoms with E-state index >= 15 is 0 Å². The quantitative estimate of drug-likeness (QED) is 0.554. The Labute approximate surface area is 193 Å². The number of alkyl halides is 1. The molecule has 1 aliphatic carbocycles. The molecule has 5 nitrogen and oxygen atoms in total. The maximum atomic E-state index is 13.5. The van der Waals surface area contributed by atoms with Gasteiger partial charge in [-0.25, -0.2) is 0 Å². The van der Waals surface area contributed by atoms with Gasteiger partial charge in [-0.1, -0.05) is 61.2 Å². The minimum Gasteiger partial charge on any atom is -0.497 e. The lowest BCUT2D eigenvalue weighted by molar-refractivity contribution is -0.140. The van der Waals surface area contributed by atoms with Crippen LogP contribution in [-0.4, -0.2) is 35.7 Å². The van der Waals surface area contributed by atoms with Crippen LogP contribution in [0.25, 0.3) is 0 Å². The maximum absolute atomic E-state index is 13.5. The van der Waals surface area contributed by atoms with Crippen molar-refractivity contribution in [1.82, 2.24) is 10.2 Å². The van der Waals surface area contributed by atoms with Gasteiger partial charge in [0.15, 0.2) is 0 Å². The first kappa shape index (κ1) is 23.4. The molecule has 1 atom stereocenters. The molecular weight excluding hydrogens is 435 g/mol. The average molecular weight is 463 g/mol. The summed E-state index contributed by atoms with van der Waals surface area (Å²) in [6.07, 6.45) is 5.28. The summed E-state index contributed by atoms with van der Waals surface area (Å²) in [5.41, 5.74) is 1.42. The van der Waals surface area contributed by atoms with Gasteiger partial charge in [0.2, 0.25) is 11.8 Å². The highest BCUT2D eigenvalue weighted by Crippen LogP contribution is 2.29. The van der Waals surface area contributed by atoms with Crippen molar-refractivity contribution in [3.05, 3.63) is 64.7 Å². The van der Waals surface area contributed by atoms with Gasteiger partial charge < -0.3 is 15.0 Å². The number of nitrogens with one attached hydrogen (secondary N) is 1. The van der Waals surface area contributed by atoms with Crippen molar-refractivity contribution in [2.24, 2.45) is 0 Å². The molecule has 0 aromatic heterocycles. The molecule has 7 heteroatoms. The van der Waals surface area contributed by atoms with Gasteiger partial charge in [-0.3, -0.25) is 9.59 Å². The highest BCUT2D eigenvalue weighted by molar-refractivity contribution is 6.31. The largest absolute Gasteiger partial charge is 0.497 e. The molecule has 1 aliphatic rings. The van der Waals surface area contributed by atoms with Crippen LogP contribution in [0.2, 0.25) is 5.02 Å². The second-order valence-corrected chi connectivity index (χ2v) is 8.44. The van der Waals surface area contributed by atoms with Crippen LogP contribution in [-0.2, 0) is 16.1 Å². The molecule has 0 unspecified atom stereocenters. The van der Waals surface area contributed by atoms with E-state index in [1.165, 1.54) is 11.3 Å². The van der Waals surface area contributed by atoms with E-state index in [0.29, 0.717) is 16.3 Å². The third-order valence-corrected chi connectivity index (χ3v) is 6.25. The summed E-state index contributed by atoms with van der Waals surface area (Å²) in [6.45, 7) is 0.172. The normalized spacial score (nSPS) is 15.2. The summed E-state index contributed by atoms with van der Waals surface area (Å²) >= 11 is 12.3. The summed E-state index contributed by atoms with van der Waals surface area (Å²) < 4.78 is 5.36. The van der Waals surface area contributed by atoms with E-state index in [9.17, 15) is 9.59 Å². The predicted molar refractivity (Wildman–Crippen MR) is 123 cm³/mol. The van der Waals surface area contributed by atoms with E-state index in [0.717, 1.165) is 31.2 Å². The number of hydrogen-bond acceptors (Lipinski definition) is 3. The third-order valence-electron chi connectivity index (χ3n) is 5.65. The van der Waals surface area contributed by atoms with Crippen molar-refractivity contribution in [3.8, 4) is 5.75 Å². The van der Waals surface area contributed by atoms with Crippen LogP contribution in [0.15, 0.2) is 48.5 Å². The van der Waals surface area contributed by atoms with Crippen LogP contribution < -0.4 is 10.1 Å². The topological polar surface area (TPSA) is 58.6 Å². The van der Waals surface area contributed by atoms with Gasteiger partial charge in [0.25, 0.3) is 0 Å². The van der Waals surface area contributed by atoms with Crippen molar-refractivity contribution in [2.45, 2.75) is 50.7 Å². The molecule has 1 N–H and O–H groups in total. The minimum absolute atomic E-state index is 0.114. The summed E-state index contributed by atoms with van der Waals surface area (Å²) in [4.78, 5) is 28.0. The maximum Gasteiger partial charge on any atom is 0.247 e. The fraction of sp³-hybridized carbons (Fsp3) is 0.417. The molecule has 3 rings (SSSR count). The molecule has 0 heterocycles. The van der Waals surface area contributed by atoms with E-state index < -0.39 is 6.04 Å². The lowest BCUT2D eigenvalue weighted by atomic mass is 9.94. The second-order valence-electron chi connectivity index (χ2n) is 7.77. The summed E-state index contributed by atoms with van der Waals surface area (Å²) in [5.74, 6) is -0.176. The number of benzene rings is 2. The fourth-order valence-corrected chi connectivity index (χ4v) is 4.37. The Morgan fingerprint density at radius 2 is 1.87 bits per heavy atom. The number of amides is 2. The molecule has 166 valence electrons. The van der Waals surface area contributed by atoms with Crippen LogP contribution in [0.3, 0.4) is 0 Å². The van der Waals surface area contributed by atoms with Crippen LogP contribution in [0.5, 0.6) is 5.75 Å². The Kier molecular flexibility index (Phi) is 8.61. The first-order chi connectivity index (χ1) is 15.0. The lowest BCUT2D eigenvalue weighted by Crippen LogP contribution is -2.47. The van der Waals surface area contributed by atoms with Gasteiger partial charge in [0.1, 0.15) is 17.7 Å². The Morgan fingerprint density at radius 1 is 1.13 bits per heavy atom. The number of nitrogens with zero attached hydrogens (tertiary/aromatic N) is 1. The van der Waals surface area contributed by atoms with E-state index in [2.05, 4.69) is 5.32 Å². The Balaban J connectivity index is 1.98. The molecule has 0 aliphatic heterocycles. The van der Waals surface area contributed by atoms with E-state index in [4.69, 9.17) is 27.9 Å². The minimum atomic E-state index is -0.848. The van der Waals surface area contributed by atoms with Crippen LogP contribution in [0.1, 0.15) is 49.3 Å². The van der Waals surface area contributed by atoms with E-state index in [1.807, 2.05) is 30.3 Å². The summed E-state index contributed by atoms with van der Waals surface area (Å²) in [6, 6.07) is 13.8. The highest BCUT2D eigenvalue weighted by Gasteiger charge is 2.33. The van der Waals surface area contributed by atoms with Gasteiger partial charge in [0.05, 0.1) is 7.11 Å². The molecule has 2 aromatic rings. The SMILES string of the molecule is COc1cccc([C@H](C(=O)NC2CCCCC2)N(Cc2ccccc2Cl)C(=O)CCl)c1. The van der Waals surface area contributed by atoms with Crippen LogP contribution in [0.4, 0.5) is 0 Å². The van der Waals surface area contributed by atoms with Crippen molar-refractivity contribution in [2.75, 3.05) is 13.0 Å². The molecule has 0 radical (unpaired) electrons. The van der Waals surface area contributed by atoms with Crippen molar-refractivity contribution < 1.29 is 14.3 Å². The van der Waals surface area contributed by atoms with Crippen LogP contribution in [0, 0.1) is 0 Å². The molecular formula is C24H28Cl2N2O3. The van der Waals surface area contributed by atoms with Crippen molar-refractivity contribution in [1.29, 1.82) is 0 Å². The molecule has 31 heavy (non-hydrogen) atoms. The lowest BCUT2D eigenvalue weighted by Gasteiger charge is -2.33. The van der Waals surface area contributed by atoms with Gasteiger partial charge in [-0.05, 0) is 42.2 Å². The Morgan fingerprint density at radius 3 is 2.55 bits per heavy atom. The van der Waals surface area contributed by atoms with E-state index in [-0.39, 0.29) is 30.3 Å². The zero-order valence-electron chi connectivity index (χ0n) is 17.7. The zero-order valence-corrected chi connectivity index (χ0v) is 19.2. The second kappa shape index (κ2) is 11.4. The highest BCUT2D eigenvalue weighted by atomic mass is 35.5. The van der Waals surface area contributed by atoms with Crippen LogP contribution >= 0.6 is 23.2 Å². The summed E-state index contributed by atoms with van der Waals surface area (Å²) in [5, 5.41) is 3.70. The monoisotopic (exact) mass is 462 g/mol. The van der Waals surface area contributed by atoms with Crippen molar-refractivity contribution in [3.63, 3.8) is 0 Å². The molecule has 2 amide bonds. The number of carbonyl (C=O) groups is 2.